The van der Waals surface area contributed by atoms with Crippen LogP contribution in [0.4, 0.5) is 0 Å². The molecule has 5 nitrogen and oxygen atoms in total. The number of hydrogen-bond acceptors (Lipinski definition) is 4. The third-order valence-electron chi connectivity index (χ3n) is 6.17. The molecule has 0 atom stereocenters. The average Bonchev–Trinajstić information content (AvgIpc) is 3.14. The number of ether oxygens (including phenoxy) is 2. The average molecular weight is 451 g/mol. The van der Waals surface area contributed by atoms with E-state index in [4.69, 9.17) is 14.5 Å². The number of carbonyl (C=O) groups is 1. The Morgan fingerprint density at radius 3 is 2.47 bits per heavy atom. The van der Waals surface area contributed by atoms with Crippen molar-refractivity contribution in [2.75, 3.05) is 13.7 Å². The zero-order chi connectivity index (χ0) is 23.7. The van der Waals surface area contributed by atoms with Gasteiger partial charge in [0.15, 0.2) is 0 Å². The molecule has 34 heavy (non-hydrogen) atoms. The minimum absolute atomic E-state index is 0.199. The lowest BCUT2D eigenvalue weighted by molar-refractivity contribution is -0.142. The molecule has 0 aliphatic rings. The molecule has 170 valence electrons. The molecule has 0 amide bonds. The highest BCUT2D eigenvalue weighted by atomic mass is 16.5. The summed E-state index contributed by atoms with van der Waals surface area (Å²) < 4.78 is 13.0. The van der Waals surface area contributed by atoms with Crippen molar-refractivity contribution in [1.82, 2.24) is 9.55 Å². The van der Waals surface area contributed by atoms with Gasteiger partial charge in [-0.2, -0.15) is 0 Å². The smallest absolute Gasteiger partial charge is 0.310 e. The lowest BCUT2D eigenvalue weighted by Crippen LogP contribution is -2.08. The summed E-state index contributed by atoms with van der Waals surface area (Å²) in [5.41, 5.74) is 6.83. The fraction of sp³-hybridized carbons (Fsp3) is 0.172. The van der Waals surface area contributed by atoms with Crippen molar-refractivity contribution in [3.63, 3.8) is 0 Å². The van der Waals surface area contributed by atoms with E-state index in [9.17, 15) is 4.79 Å². The van der Waals surface area contributed by atoms with E-state index in [2.05, 4.69) is 35.8 Å². The molecule has 0 aliphatic heterocycles. The molecule has 0 unspecified atom stereocenters. The van der Waals surface area contributed by atoms with Gasteiger partial charge in [-0.15, -0.1) is 0 Å². The Labute approximate surface area is 198 Å². The van der Waals surface area contributed by atoms with Crippen LogP contribution in [0.15, 0.2) is 78.9 Å². The first kappa shape index (κ1) is 21.7. The van der Waals surface area contributed by atoms with Crippen LogP contribution in [-0.4, -0.2) is 29.2 Å². The van der Waals surface area contributed by atoms with Gasteiger partial charge in [0, 0.05) is 22.0 Å². The quantitative estimate of drug-likeness (QED) is 0.286. The van der Waals surface area contributed by atoms with E-state index in [0.29, 0.717) is 6.61 Å². The van der Waals surface area contributed by atoms with Crippen LogP contribution in [0.3, 0.4) is 0 Å². The summed E-state index contributed by atoms with van der Waals surface area (Å²) in [6.45, 7) is 4.24. The van der Waals surface area contributed by atoms with Crippen molar-refractivity contribution in [2.24, 2.45) is 0 Å². The first-order valence-corrected chi connectivity index (χ1v) is 11.4. The third-order valence-corrected chi connectivity index (χ3v) is 6.17. The van der Waals surface area contributed by atoms with Crippen molar-refractivity contribution >= 4 is 27.8 Å². The molecule has 0 fully saturated rings. The Balaban J connectivity index is 1.82. The van der Waals surface area contributed by atoms with Crippen LogP contribution < -0.4 is 4.74 Å². The van der Waals surface area contributed by atoms with Crippen LogP contribution in [0.2, 0.25) is 0 Å². The predicted octanol–water partition coefficient (Wildman–Crippen LogP) is 6.27. The van der Waals surface area contributed by atoms with E-state index in [1.54, 1.807) is 7.11 Å². The van der Waals surface area contributed by atoms with Gasteiger partial charge in [-0.25, -0.2) is 4.98 Å². The number of para-hydroxylation sites is 1. The van der Waals surface area contributed by atoms with Crippen molar-refractivity contribution < 1.29 is 14.3 Å². The molecule has 2 aromatic heterocycles. The number of pyridine rings is 1. The number of methoxy groups -OCH3 is 1. The Hall–Kier alpha value is -4.12. The second kappa shape index (κ2) is 9.02. The van der Waals surface area contributed by atoms with Crippen LogP contribution in [0.5, 0.6) is 5.75 Å². The van der Waals surface area contributed by atoms with Crippen LogP contribution in [-0.2, 0) is 16.0 Å². The monoisotopic (exact) mass is 450 g/mol. The van der Waals surface area contributed by atoms with Gasteiger partial charge in [-0.3, -0.25) is 4.79 Å². The van der Waals surface area contributed by atoms with Crippen LogP contribution in [0.1, 0.15) is 18.2 Å². The molecule has 2 heterocycles. The van der Waals surface area contributed by atoms with E-state index in [0.717, 1.165) is 55.8 Å². The van der Waals surface area contributed by atoms with Crippen LogP contribution in [0, 0.1) is 6.92 Å². The van der Waals surface area contributed by atoms with E-state index < -0.39 is 0 Å². The number of aromatic nitrogens is 2. The lowest BCUT2D eigenvalue weighted by atomic mass is 10.1. The SMILES string of the molecule is CCOC(=O)Cc1c(C)n(-c2cc(-c3ccccc3)nc3ccccc23)c2ccc(OC)cc12. The molecule has 0 bridgehead atoms. The summed E-state index contributed by atoms with van der Waals surface area (Å²) >= 11 is 0. The van der Waals surface area contributed by atoms with Gasteiger partial charge in [-0.1, -0.05) is 48.5 Å². The normalized spacial score (nSPS) is 11.1. The maximum Gasteiger partial charge on any atom is 0.310 e. The summed E-state index contributed by atoms with van der Waals surface area (Å²) in [7, 11) is 1.65. The van der Waals surface area contributed by atoms with Gasteiger partial charge in [0.2, 0.25) is 0 Å². The zero-order valence-electron chi connectivity index (χ0n) is 19.5. The van der Waals surface area contributed by atoms with E-state index in [1.165, 1.54) is 0 Å². The van der Waals surface area contributed by atoms with Gasteiger partial charge in [0.1, 0.15) is 5.75 Å². The van der Waals surface area contributed by atoms with Gasteiger partial charge in [0.05, 0.1) is 42.6 Å². The Morgan fingerprint density at radius 1 is 0.941 bits per heavy atom. The van der Waals surface area contributed by atoms with Gasteiger partial charge < -0.3 is 14.0 Å². The molecule has 0 radical (unpaired) electrons. The first-order chi connectivity index (χ1) is 16.6. The summed E-state index contributed by atoms with van der Waals surface area (Å²) in [5, 5.41) is 2.02. The fourth-order valence-corrected chi connectivity index (χ4v) is 4.58. The number of esters is 1. The molecule has 0 spiro atoms. The van der Waals surface area contributed by atoms with E-state index in [1.807, 2.05) is 61.5 Å². The molecule has 3 aromatic carbocycles. The maximum absolute atomic E-state index is 12.5. The molecule has 5 aromatic rings. The minimum atomic E-state index is -0.239. The minimum Gasteiger partial charge on any atom is -0.497 e. The molecule has 0 N–H and O–H groups in total. The first-order valence-electron chi connectivity index (χ1n) is 11.4. The molecular formula is C29H26N2O3. The van der Waals surface area contributed by atoms with Gasteiger partial charge in [0.25, 0.3) is 0 Å². The topological polar surface area (TPSA) is 53.4 Å². The fourth-order valence-electron chi connectivity index (χ4n) is 4.58. The van der Waals surface area contributed by atoms with Gasteiger partial charge >= 0.3 is 5.97 Å². The second-order valence-electron chi connectivity index (χ2n) is 8.17. The maximum atomic E-state index is 12.5. The highest BCUT2D eigenvalue weighted by Crippen LogP contribution is 2.36. The van der Waals surface area contributed by atoms with E-state index >= 15 is 0 Å². The number of hydrogen-bond donors (Lipinski definition) is 0. The number of carbonyl (C=O) groups excluding carboxylic acids is 1. The lowest BCUT2D eigenvalue weighted by Gasteiger charge is -2.14. The van der Waals surface area contributed by atoms with Gasteiger partial charge in [-0.05, 0) is 49.7 Å². The van der Waals surface area contributed by atoms with Crippen molar-refractivity contribution in [1.29, 1.82) is 0 Å². The molecule has 0 saturated carbocycles. The summed E-state index contributed by atoms with van der Waals surface area (Å²) in [4.78, 5) is 17.4. The Kier molecular flexibility index (Phi) is 5.76. The Bertz CT molecular complexity index is 1500. The third kappa shape index (κ3) is 3.79. The van der Waals surface area contributed by atoms with Crippen molar-refractivity contribution in [3.05, 3.63) is 90.1 Å². The molecule has 5 rings (SSSR count). The molecule has 0 saturated heterocycles. The summed E-state index contributed by atoms with van der Waals surface area (Å²) in [5.74, 6) is 0.511. The van der Waals surface area contributed by atoms with Crippen molar-refractivity contribution in [2.45, 2.75) is 20.3 Å². The van der Waals surface area contributed by atoms with Crippen LogP contribution in [0.25, 0.3) is 38.8 Å². The second-order valence-corrected chi connectivity index (χ2v) is 8.17. The highest BCUT2D eigenvalue weighted by molar-refractivity contribution is 5.96. The number of nitrogens with zero attached hydrogens (tertiary/aromatic N) is 2. The number of benzene rings is 3. The summed E-state index contributed by atoms with van der Waals surface area (Å²) in [6, 6.07) is 26.5. The highest BCUT2D eigenvalue weighted by Gasteiger charge is 2.21. The standard InChI is InChI=1S/C29H26N2O3/c1-4-34-29(32)17-23-19(2)31(27-15-14-21(33-3)16-24(23)27)28-18-26(20-10-6-5-7-11-20)30-25-13-9-8-12-22(25)28/h5-16,18H,4,17H2,1-3H3. The Morgan fingerprint density at radius 2 is 1.71 bits per heavy atom. The molecule has 5 heteroatoms. The molecular weight excluding hydrogens is 424 g/mol. The van der Waals surface area contributed by atoms with Crippen LogP contribution >= 0.6 is 0 Å². The summed E-state index contributed by atoms with van der Waals surface area (Å²) in [6.07, 6.45) is 0.199. The molecule has 0 aliphatic carbocycles. The van der Waals surface area contributed by atoms with E-state index in [-0.39, 0.29) is 12.4 Å². The number of fused-ring (bicyclic) bond motifs is 2. The zero-order valence-corrected chi connectivity index (χ0v) is 19.5. The largest absolute Gasteiger partial charge is 0.497 e. The predicted molar refractivity (Wildman–Crippen MR) is 136 cm³/mol. The van der Waals surface area contributed by atoms with Crippen molar-refractivity contribution in [3.8, 4) is 22.7 Å². The number of rotatable bonds is 6.